The molecule has 0 spiro atoms. The zero-order valence-electron chi connectivity index (χ0n) is 14.2. The van der Waals surface area contributed by atoms with Gasteiger partial charge in [-0.05, 0) is 42.5 Å². The highest BCUT2D eigenvalue weighted by Crippen LogP contribution is 2.19. The molecule has 0 bridgehead atoms. The third kappa shape index (κ3) is 6.25. The molecule has 0 aliphatic heterocycles. The lowest BCUT2D eigenvalue weighted by molar-refractivity contribution is -0.116. The van der Waals surface area contributed by atoms with Crippen molar-refractivity contribution in [3.05, 3.63) is 59.1 Å². The fourth-order valence-corrected chi connectivity index (χ4v) is 2.48. The van der Waals surface area contributed by atoms with E-state index in [1.807, 2.05) is 48.5 Å². The average Bonchev–Trinajstić information content (AvgIpc) is 2.54. The highest BCUT2D eigenvalue weighted by Gasteiger charge is 2.06. The number of carbonyl (C=O) groups excluding carboxylic acids is 1. The van der Waals surface area contributed by atoms with Crippen LogP contribution in [0.4, 0.5) is 5.69 Å². The predicted octanol–water partition coefficient (Wildman–Crippen LogP) is 5.34. The number of halogens is 1. The average molecular weight is 346 g/mol. The van der Waals surface area contributed by atoms with Gasteiger partial charge in [0.15, 0.2) is 0 Å². The molecule has 0 saturated heterocycles. The summed E-state index contributed by atoms with van der Waals surface area (Å²) in [6.07, 6.45) is 2.02. The lowest BCUT2D eigenvalue weighted by Gasteiger charge is -2.10. The van der Waals surface area contributed by atoms with Crippen LogP contribution in [0.1, 0.15) is 32.3 Å². The van der Waals surface area contributed by atoms with Gasteiger partial charge in [-0.1, -0.05) is 49.7 Å². The Labute approximate surface area is 149 Å². The smallest absolute Gasteiger partial charge is 0.224 e. The fraction of sp³-hybridized carbons (Fsp3) is 0.350. The summed E-state index contributed by atoms with van der Waals surface area (Å²) in [4.78, 5) is 12.1. The zero-order chi connectivity index (χ0) is 17.4. The molecule has 0 saturated carbocycles. The molecule has 2 aromatic rings. The van der Waals surface area contributed by atoms with Crippen LogP contribution in [0.15, 0.2) is 48.5 Å². The van der Waals surface area contributed by atoms with Gasteiger partial charge in [0.2, 0.25) is 5.91 Å². The minimum atomic E-state index is -0.0331. The van der Waals surface area contributed by atoms with E-state index in [0.717, 1.165) is 23.4 Å². The summed E-state index contributed by atoms with van der Waals surface area (Å²) < 4.78 is 5.72. The molecule has 0 radical (unpaired) electrons. The van der Waals surface area contributed by atoms with E-state index < -0.39 is 0 Å². The number of nitrogens with one attached hydrogen (secondary N) is 1. The number of carbonyl (C=O) groups is 1. The molecule has 2 aromatic carbocycles. The van der Waals surface area contributed by atoms with E-state index >= 15 is 0 Å². The van der Waals surface area contributed by atoms with Crippen molar-refractivity contribution in [2.45, 2.75) is 33.1 Å². The summed E-state index contributed by atoms with van der Waals surface area (Å²) in [5.41, 5.74) is 1.74. The van der Waals surface area contributed by atoms with Crippen LogP contribution < -0.4 is 10.1 Å². The van der Waals surface area contributed by atoms with Gasteiger partial charge in [-0.3, -0.25) is 4.79 Å². The Morgan fingerprint density at radius 2 is 1.96 bits per heavy atom. The Kier molecular flexibility index (Phi) is 7.13. The molecule has 0 heterocycles. The normalized spacial score (nSPS) is 10.7. The van der Waals surface area contributed by atoms with E-state index in [2.05, 4.69) is 19.2 Å². The molecule has 4 heteroatoms. The second kappa shape index (κ2) is 9.33. The standard InChI is InChI=1S/C20H24ClNO2/c1-15(2)12-13-24-18-8-5-7-17(14-18)22-20(23)11-10-16-6-3-4-9-19(16)21/h3-9,14-15H,10-13H2,1-2H3,(H,22,23). The molecular weight excluding hydrogens is 322 g/mol. The molecule has 24 heavy (non-hydrogen) atoms. The first-order valence-corrected chi connectivity index (χ1v) is 8.68. The Morgan fingerprint density at radius 3 is 2.71 bits per heavy atom. The molecule has 0 fully saturated rings. The van der Waals surface area contributed by atoms with E-state index in [-0.39, 0.29) is 5.91 Å². The predicted molar refractivity (Wildman–Crippen MR) is 99.8 cm³/mol. The molecule has 0 unspecified atom stereocenters. The largest absolute Gasteiger partial charge is 0.494 e. The van der Waals surface area contributed by atoms with Crippen LogP contribution in [0.2, 0.25) is 5.02 Å². The second-order valence-electron chi connectivity index (χ2n) is 6.20. The number of benzene rings is 2. The molecule has 0 atom stereocenters. The highest BCUT2D eigenvalue weighted by atomic mass is 35.5. The SMILES string of the molecule is CC(C)CCOc1cccc(NC(=O)CCc2ccccc2Cl)c1. The molecular formula is C20H24ClNO2. The molecule has 1 amide bonds. The first-order chi connectivity index (χ1) is 11.5. The number of hydrogen-bond acceptors (Lipinski definition) is 2. The van der Waals surface area contributed by atoms with Crippen LogP contribution in [0.3, 0.4) is 0 Å². The third-order valence-electron chi connectivity index (χ3n) is 3.66. The Hall–Kier alpha value is -2.00. The van der Waals surface area contributed by atoms with Crippen molar-refractivity contribution in [3.8, 4) is 5.75 Å². The molecule has 0 aliphatic rings. The van der Waals surface area contributed by atoms with Gasteiger partial charge in [0, 0.05) is 23.2 Å². The third-order valence-corrected chi connectivity index (χ3v) is 4.03. The minimum Gasteiger partial charge on any atom is -0.494 e. The minimum absolute atomic E-state index is 0.0331. The van der Waals surface area contributed by atoms with Gasteiger partial charge in [0.1, 0.15) is 5.75 Å². The van der Waals surface area contributed by atoms with Crippen LogP contribution in [0.5, 0.6) is 5.75 Å². The quantitative estimate of drug-likeness (QED) is 0.701. The number of rotatable bonds is 8. The van der Waals surface area contributed by atoms with Crippen molar-refractivity contribution in [3.63, 3.8) is 0 Å². The number of anilines is 1. The maximum atomic E-state index is 12.1. The van der Waals surface area contributed by atoms with Crippen molar-refractivity contribution in [1.29, 1.82) is 0 Å². The van der Waals surface area contributed by atoms with Crippen molar-refractivity contribution >= 4 is 23.2 Å². The van der Waals surface area contributed by atoms with Crippen LogP contribution in [-0.2, 0) is 11.2 Å². The first-order valence-electron chi connectivity index (χ1n) is 8.30. The lowest BCUT2D eigenvalue weighted by Crippen LogP contribution is -2.12. The van der Waals surface area contributed by atoms with Gasteiger partial charge in [-0.2, -0.15) is 0 Å². The van der Waals surface area contributed by atoms with E-state index in [9.17, 15) is 4.79 Å². The van der Waals surface area contributed by atoms with E-state index in [1.54, 1.807) is 0 Å². The van der Waals surface area contributed by atoms with Gasteiger partial charge < -0.3 is 10.1 Å². The number of hydrogen-bond donors (Lipinski definition) is 1. The van der Waals surface area contributed by atoms with Crippen molar-refractivity contribution < 1.29 is 9.53 Å². The van der Waals surface area contributed by atoms with Crippen molar-refractivity contribution in [2.75, 3.05) is 11.9 Å². The van der Waals surface area contributed by atoms with Crippen molar-refractivity contribution in [2.24, 2.45) is 5.92 Å². The summed E-state index contributed by atoms with van der Waals surface area (Å²) in [6.45, 7) is 5.01. The van der Waals surface area contributed by atoms with Gasteiger partial charge in [-0.25, -0.2) is 0 Å². The van der Waals surface area contributed by atoms with Gasteiger partial charge >= 0.3 is 0 Å². The molecule has 128 valence electrons. The molecule has 2 rings (SSSR count). The van der Waals surface area contributed by atoms with Gasteiger partial charge in [-0.15, -0.1) is 0 Å². The van der Waals surface area contributed by atoms with Crippen molar-refractivity contribution in [1.82, 2.24) is 0 Å². The molecule has 0 aliphatic carbocycles. The van der Waals surface area contributed by atoms with Gasteiger partial charge in [0.25, 0.3) is 0 Å². The summed E-state index contributed by atoms with van der Waals surface area (Å²) in [5.74, 6) is 1.35. The Morgan fingerprint density at radius 1 is 1.17 bits per heavy atom. The number of amides is 1. The van der Waals surface area contributed by atoms with Gasteiger partial charge in [0.05, 0.1) is 6.61 Å². The maximum absolute atomic E-state index is 12.1. The topological polar surface area (TPSA) is 38.3 Å². The molecule has 0 aromatic heterocycles. The van der Waals surface area contributed by atoms with E-state index in [1.165, 1.54) is 0 Å². The van der Waals surface area contributed by atoms with Crippen LogP contribution >= 0.6 is 11.6 Å². The summed E-state index contributed by atoms with van der Waals surface area (Å²) in [5, 5.41) is 3.61. The van der Waals surface area contributed by atoms with E-state index in [0.29, 0.717) is 30.4 Å². The fourth-order valence-electron chi connectivity index (χ4n) is 2.25. The van der Waals surface area contributed by atoms with Crippen LogP contribution in [-0.4, -0.2) is 12.5 Å². The zero-order valence-corrected chi connectivity index (χ0v) is 15.0. The highest BCUT2D eigenvalue weighted by molar-refractivity contribution is 6.31. The summed E-state index contributed by atoms with van der Waals surface area (Å²) >= 11 is 6.11. The maximum Gasteiger partial charge on any atom is 0.224 e. The van der Waals surface area contributed by atoms with Crippen LogP contribution in [0.25, 0.3) is 0 Å². The summed E-state index contributed by atoms with van der Waals surface area (Å²) in [6, 6.07) is 15.1. The molecule has 1 N–H and O–H groups in total. The first kappa shape index (κ1) is 18.3. The van der Waals surface area contributed by atoms with Crippen LogP contribution in [0, 0.1) is 5.92 Å². The lowest BCUT2D eigenvalue weighted by atomic mass is 10.1. The summed E-state index contributed by atoms with van der Waals surface area (Å²) in [7, 11) is 0. The Balaban J connectivity index is 1.84. The monoisotopic (exact) mass is 345 g/mol. The number of ether oxygens (including phenoxy) is 1. The van der Waals surface area contributed by atoms with E-state index in [4.69, 9.17) is 16.3 Å². The second-order valence-corrected chi connectivity index (χ2v) is 6.61. The molecule has 3 nitrogen and oxygen atoms in total. The Bertz CT molecular complexity index is 670. The number of aryl methyl sites for hydroxylation is 1.